The molecular formula is C19H25FN2O5S2. The highest BCUT2D eigenvalue weighted by Crippen LogP contribution is 2.32. The van der Waals surface area contributed by atoms with Crippen LogP contribution in [0.4, 0.5) is 10.1 Å². The average molecular weight is 445 g/mol. The Bertz CT molecular complexity index is 1070. The first-order chi connectivity index (χ1) is 13.5. The zero-order chi connectivity index (χ0) is 21.8. The third kappa shape index (κ3) is 5.26. The Morgan fingerprint density at radius 1 is 1.03 bits per heavy atom. The standard InChI is InChI=1S/C19H25FN2O5S2/c1-5-22(6-2)29(25,26)15-11-12-18(27-14(3)4)17(13-15)21-28(23,24)19-10-8-7-9-16(19)20/h7-14,21H,5-6H2,1-4H3. The van der Waals surface area contributed by atoms with Crippen molar-refractivity contribution < 1.29 is 26.0 Å². The molecule has 2 rings (SSSR count). The summed E-state index contributed by atoms with van der Waals surface area (Å²) in [5.74, 6) is -0.781. The molecule has 0 saturated carbocycles. The Morgan fingerprint density at radius 3 is 2.21 bits per heavy atom. The molecule has 0 fully saturated rings. The highest BCUT2D eigenvalue weighted by molar-refractivity contribution is 7.92. The number of nitrogens with zero attached hydrogens (tertiary/aromatic N) is 1. The molecule has 0 unspecified atom stereocenters. The number of nitrogens with one attached hydrogen (secondary N) is 1. The summed E-state index contributed by atoms with van der Waals surface area (Å²) in [5, 5.41) is 0. The number of sulfonamides is 2. The lowest BCUT2D eigenvalue weighted by Gasteiger charge is -2.21. The summed E-state index contributed by atoms with van der Waals surface area (Å²) < 4.78 is 74.2. The second-order valence-corrected chi connectivity index (χ2v) is 10.0. The Morgan fingerprint density at radius 2 is 1.66 bits per heavy atom. The molecule has 0 aliphatic heterocycles. The molecule has 0 radical (unpaired) electrons. The third-order valence-electron chi connectivity index (χ3n) is 4.03. The van der Waals surface area contributed by atoms with Gasteiger partial charge in [-0.25, -0.2) is 21.2 Å². The fourth-order valence-electron chi connectivity index (χ4n) is 2.68. The second-order valence-electron chi connectivity index (χ2n) is 6.45. The molecule has 0 spiro atoms. The molecule has 0 aromatic heterocycles. The Balaban J connectivity index is 2.57. The van der Waals surface area contributed by atoms with E-state index in [1.807, 2.05) is 0 Å². The summed E-state index contributed by atoms with van der Waals surface area (Å²) in [5.41, 5.74) is -0.0878. The zero-order valence-electron chi connectivity index (χ0n) is 16.7. The first-order valence-electron chi connectivity index (χ1n) is 9.11. The van der Waals surface area contributed by atoms with Gasteiger partial charge < -0.3 is 4.74 Å². The van der Waals surface area contributed by atoms with E-state index >= 15 is 0 Å². The molecule has 0 aliphatic carbocycles. The molecule has 7 nitrogen and oxygen atoms in total. The number of ether oxygens (including phenoxy) is 1. The van der Waals surface area contributed by atoms with E-state index in [2.05, 4.69) is 4.72 Å². The van der Waals surface area contributed by atoms with E-state index in [0.29, 0.717) is 0 Å². The molecule has 29 heavy (non-hydrogen) atoms. The lowest BCUT2D eigenvalue weighted by Crippen LogP contribution is -2.30. The average Bonchev–Trinajstić information content (AvgIpc) is 2.63. The molecule has 0 aliphatic rings. The number of hydrogen-bond acceptors (Lipinski definition) is 5. The van der Waals surface area contributed by atoms with E-state index in [1.54, 1.807) is 27.7 Å². The fourth-order valence-corrected chi connectivity index (χ4v) is 5.31. The fraction of sp³-hybridized carbons (Fsp3) is 0.368. The summed E-state index contributed by atoms with van der Waals surface area (Å²) >= 11 is 0. The van der Waals surface area contributed by atoms with E-state index < -0.39 is 30.8 Å². The smallest absolute Gasteiger partial charge is 0.264 e. The quantitative estimate of drug-likeness (QED) is 0.640. The summed E-state index contributed by atoms with van der Waals surface area (Å²) in [7, 11) is -8.14. The van der Waals surface area contributed by atoms with Gasteiger partial charge in [0.1, 0.15) is 16.5 Å². The van der Waals surface area contributed by atoms with Crippen LogP contribution in [0.1, 0.15) is 27.7 Å². The first-order valence-corrected chi connectivity index (χ1v) is 12.0. The van der Waals surface area contributed by atoms with Gasteiger partial charge in [0.05, 0.1) is 16.7 Å². The van der Waals surface area contributed by atoms with E-state index in [-0.39, 0.29) is 35.5 Å². The molecule has 2 aromatic rings. The van der Waals surface area contributed by atoms with Crippen LogP contribution in [0, 0.1) is 5.82 Å². The Kier molecular flexibility index (Phi) is 7.25. The SMILES string of the molecule is CCN(CC)S(=O)(=O)c1ccc(OC(C)C)c(NS(=O)(=O)c2ccccc2F)c1. The molecule has 2 aromatic carbocycles. The predicted molar refractivity (Wildman–Crippen MR) is 110 cm³/mol. The molecule has 160 valence electrons. The normalized spacial score (nSPS) is 12.4. The predicted octanol–water partition coefficient (Wildman–Crippen LogP) is 3.44. The van der Waals surface area contributed by atoms with Crippen LogP contribution in [-0.2, 0) is 20.0 Å². The molecule has 0 saturated heterocycles. The third-order valence-corrected chi connectivity index (χ3v) is 7.47. The number of halogens is 1. The topological polar surface area (TPSA) is 92.8 Å². The highest BCUT2D eigenvalue weighted by atomic mass is 32.2. The van der Waals surface area contributed by atoms with Crippen LogP contribution < -0.4 is 9.46 Å². The van der Waals surface area contributed by atoms with Gasteiger partial charge in [-0.05, 0) is 44.2 Å². The summed E-state index contributed by atoms with van der Waals surface area (Å²) in [4.78, 5) is -0.643. The van der Waals surface area contributed by atoms with Gasteiger partial charge >= 0.3 is 0 Å². The van der Waals surface area contributed by atoms with E-state index in [9.17, 15) is 21.2 Å². The van der Waals surface area contributed by atoms with Crippen molar-refractivity contribution >= 4 is 25.7 Å². The van der Waals surface area contributed by atoms with Crippen LogP contribution in [-0.4, -0.2) is 40.3 Å². The van der Waals surface area contributed by atoms with Crippen LogP contribution in [0.3, 0.4) is 0 Å². The minimum Gasteiger partial charge on any atom is -0.489 e. The minimum absolute atomic E-state index is 0.0878. The monoisotopic (exact) mass is 444 g/mol. The maximum absolute atomic E-state index is 14.0. The van der Waals surface area contributed by atoms with Crippen molar-refractivity contribution in [2.75, 3.05) is 17.8 Å². The molecule has 10 heteroatoms. The summed E-state index contributed by atoms with van der Waals surface area (Å²) in [6, 6.07) is 8.84. The van der Waals surface area contributed by atoms with Crippen LogP contribution in [0.5, 0.6) is 5.75 Å². The number of hydrogen-bond donors (Lipinski definition) is 1. The van der Waals surface area contributed by atoms with E-state index in [1.165, 1.54) is 34.6 Å². The second kappa shape index (κ2) is 9.10. The highest BCUT2D eigenvalue weighted by Gasteiger charge is 2.25. The summed E-state index contributed by atoms with van der Waals surface area (Å²) in [6.45, 7) is 7.43. The van der Waals surface area contributed by atoms with Gasteiger partial charge in [-0.15, -0.1) is 0 Å². The maximum Gasteiger partial charge on any atom is 0.264 e. The molecular weight excluding hydrogens is 419 g/mol. The van der Waals surface area contributed by atoms with Crippen LogP contribution in [0.15, 0.2) is 52.3 Å². The van der Waals surface area contributed by atoms with Crippen LogP contribution >= 0.6 is 0 Å². The van der Waals surface area contributed by atoms with Gasteiger partial charge in [0, 0.05) is 13.1 Å². The van der Waals surface area contributed by atoms with Gasteiger partial charge in [-0.3, -0.25) is 4.72 Å². The zero-order valence-corrected chi connectivity index (χ0v) is 18.3. The minimum atomic E-state index is -4.31. The molecule has 1 N–H and O–H groups in total. The Hall–Kier alpha value is -2.17. The van der Waals surface area contributed by atoms with Crippen molar-refractivity contribution in [3.63, 3.8) is 0 Å². The van der Waals surface area contributed by atoms with Gasteiger partial charge in [0.25, 0.3) is 10.0 Å². The number of anilines is 1. The largest absolute Gasteiger partial charge is 0.489 e. The number of rotatable bonds is 9. The van der Waals surface area contributed by atoms with E-state index in [0.717, 1.165) is 12.1 Å². The van der Waals surface area contributed by atoms with Crippen molar-refractivity contribution in [2.24, 2.45) is 0 Å². The maximum atomic E-state index is 14.0. The number of benzene rings is 2. The van der Waals surface area contributed by atoms with Crippen molar-refractivity contribution in [1.82, 2.24) is 4.31 Å². The van der Waals surface area contributed by atoms with Gasteiger partial charge in [0.15, 0.2) is 0 Å². The first kappa shape index (κ1) is 23.1. The van der Waals surface area contributed by atoms with Crippen LogP contribution in [0.2, 0.25) is 0 Å². The van der Waals surface area contributed by atoms with Crippen molar-refractivity contribution in [1.29, 1.82) is 0 Å². The van der Waals surface area contributed by atoms with Gasteiger partial charge in [-0.1, -0.05) is 26.0 Å². The Labute approximate surface area is 171 Å². The van der Waals surface area contributed by atoms with Crippen molar-refractivity contribution in [3.05, 3.63) is 48.3 Å². The van der Waals surface area contributed by atoms with Gasteiger partial charge in [0.2, 0.25) is 10.0 Å². The lowest BCUT2D eigenvalue weighted by atomic mass is 10.3. The summed E-state index contributed by atoms with van der Waals surface area (Å²) in [6.07, 6.45) is -0.294. The van der Waals surface area contributed by atoms with Crippen molar-refractivity contribution in [2.45, 2.75) is 43.6 Å². The van der Waals surface area contributed by atoms with Gasteiger partial charge in [-0.2, -0.15) is 4.31 Å². The molecule has 0 bridgehead atoms. The van der Waals surface area contributed by atoms with Crippen LogP contribution in [0.25, 0.3) is 0 Å². The molecule has 0 atom stereocenters. The van der Waals surface area contributed by atoms with E-state index in [4.69, 9.17) is 4.74 Å². The lowest BCUT2D eigenvalue weighted by molar-refractivity contribution is 0.243. The molecule has 0 amide bonds. The van der Waals surface area contributed by atoms with Crippen molar-refractivity contribution in [3.8, 4) is 5.75 Å². The molecule has 0 heterocycles.